The van der Waals surface area contributed by atoms with Gasteiger partial charge in [0.1, 0.15) is 0 Å². The second kappa shape index (κ2) is 22.9. The van der Waals surface area contributed by atoms with E-state index in [4.69, 9.17) is 15.0 Å². The second-order valence-corrected chi connectivity index (χ2v) is 19.7. The Bertz CT molecular complexity index is 3560. The first-order chi connectivity index (χ1) is 40.1. The van der Waals surface area contributed by atoms with Gasteiger partial charge in [-0.05, 0) is 143 Å². The molecular formula is C75H54N6. The molecule has 6 nitrogen and oxygen atoms in total. The third-order valence-electron chi connectivity index (χ3n) is 14.5. The van der Waals surface area contributed by atoms with Gasteiger partial charge in [-0.2, -0.15) is 0 Å². The topological polar surface area (TPSA) is 48.4 Å². The van der Waals surface area contributed by atoms with Gasteiger partial charge < -0.3 is 14.7 Å². The maximum absolute atomic E-state index is 5.18. The molecule has 0 N–H and O–H groups in total. The van der Waals surface area contributed by atoms with Gasteiger partial charge in [-0.1, -0.05) is 218 Å². The molecule has 1 aromatic heterocycles. The molecular weight excluding hydrogens is 985 g/mol. The minimum atomic E-state index is 0.598. The molecule has 0 unspecified atom stereocenters. The normalized spacial score (nSPS) is 11.0. The van der Waals surface area contributed by atoms with E-state index in [1.54, 1.807) is 0 Å². The lowest BCUT2D eigenvalue weighted by molar-refractivity contribution is 1.07. The van der Waals surface area contributed by atoms with Gasteiger partial charge >= 0.3 is 0 Å². The molecule has 0 amide bonds. The highest BCUT2D eigenvalue weighted by Gasteiger charge is 2.18. The number of anilines is 9. The summed E-state index contributed by atoms with van der Waals surface area (Å²) in [7, 11) is 0. The number of aromatic nitrogens is 3. The fourth-order valence-electron chi connectivity index (χ4n) is 10.4. The van der Waals surface area contributed by atoms with Gasteiger partial charge in [0.15, 0.2) is 17.5 Å². The molecule has 13 aromatic rings. The van der Waals surface area contributed by atoms with E-state index < -0.39 is 0 Å². The first-order valence-electron chi connectivity index (χ1n) is 27.2. The molecule has 0 saturated heterocycles. The average Bonchev–Trinajstić information content (AvgIpc) is 3.57. The first kappa shape index (κ1) is 49.6. The van der Waals surface area contributed by atoms with Crippen molar-refractivity contribution in [1.29, 1.82) is 0 Å². The van der Waals surface area contributed by atoms with E-state index in [1.165, 1.54) is 0 Å². The van der Waals surface area contributed by atoms with Crippen LogP contribution in [0.2, 0.25) is 0 Å². The van der Waals surface area contributed by atoms with Crippen molar-refractivity contribution in [2.45, 2.75) is 0 Å². The van der Waals surface area contributed by atoms with Crippen molar-refractivity contribution >= 4 is 51.2 Å². The van der Waals surface area contributed by atoms with Crippen LogP contribution < -0.4 is 14.7 Å². The van der Waals surface area contributed by atoms with E-state index in [2.05, 4.69) is 306 Å². The number of benzene rings is 12. The Kier molecular flexibility index (Phi) is 14.1. The number of hydrogen-bond acceptors (Lipinski definition) is 6. The molecule has 0 aliphatic carbocycles. The maximum Gasteiger partial charge on any atom is 0.164 e. The van der Waals surface area contributed by atoms with Crippen LogP contribution in [0, 0.1) is 0 Å². The summed E-state index contributed by atoms with van der Waals surface area (Å²) in [5.74, 6) is 1.79. The molecule has 0 fully saturated rings. The van der Waals surface area contributed by atoms with Crippen molar-refractivity contribution in [3.05, 3.63) is 328 Å². The van der Waals surface area contributed by atoms with Gasteiger partial charge in [0, 0.05) is 67.9 Å². The zero-order valence-corrected chi connectivity index (χ0v) is 44.4. The van der Waals surface area contributed by atoms with Crippen molar-refractivity contribution in [2.75, 3.05) is 14.7 Å². The Hall–Kier alpha value is -11.0. The van der Waals surface area contributed by atoms with Gasteiger partial charge in [-0.25, -0.2) is 15.0 Å². The molecule has 81 heavy (non-hydrogen) atoms. The molecule has 384 valence electrons. The van der Waals surface area contributed by atoms with Crippen LogP contribution in [0.15, 0.2) is 328 Å². The van der Waals surface area contributed by atoms with Gasteiger partial charge in [0.05, 0.1) is 0 Å². The molecule has 0 aliphatic heterocycles. The lowest BCUT2D eigenvalue weighted by atomic mass is 10.0. The molecule has 1 heterocycles. The predicted molar refractivity (Wildman–Crippen MR) is 336 cm³/mol. The number of nitrogens with zero attached hydrogens (tertiary/aromatic N) is 6. The molecule has 0 aliphatic rings. The lowest BCUT2D eigenvalue weighted by Crippen LogP contribution is -2.09. The Balaban J connectivity index is 0.807. The molecule has 6 heteroatoms. The van der Waals surface area contributed by atoms with Crippen molar-refractivity contribution in [3.63, 3.8) is 0 Å². The van der Waals surface area contributed by atoms with Gasteiger partial charge in [-0.3, -0.25) is 0 Å². The molecule has 13 rings (SSSR count). The molecule has 0 spiro atoms. The Morgan fingerprint density at radius 1 is 0.136 bits per heavy atom. The smallest absolute Gasteiger partial charge is 0.164 e. The zero-order chi connectivity index (χ0) is 54.2. The van der Waals surface area contributed by atoms with Crippen LogP contribution in [-0.4, -0.2) is 15.0 Å². The third kappa shape index (κ3) is 10.9. The van der Waals surface area contributed by atoms with Crippen LogP contribution in [0.5, 0.6) is 0 Å². The fraction of sp³-hybridized carbons (Fsp3) is 0. The number of hydrogen-bond donors (Lipinski definition) is 0. The Morgan fingerprint density at radius 2 is 0.272 bits per heavy atom. The van der Waals surface area contributed by atoms with Crippen LogP contribution >= 0.6 is 0 Å². The Labute approximate surface area is 473 Å². The molecule has 0 radical (unpaired) electrons. The molecule has 12 aromatic carbocycles. The van der Waals surface area contributed by atoms with Gasteiger partial charge in [-0.15, -0.1) is 0 Å². The highest BCUT2D eigenvalue weighted by Crippen LogP contribution is 2.39. The Morgan fingerprint density at radius 3 is 0.444 bits per heavy atom. The van der Waals surface area contributed by atoms with Crippen LogP contribution in [0.25, 0.3) is 67.5 Å². The zero-order valence-electron chi connectivity index (χ0n) is 44.4. The minimum Gasteiger partial charge on any atom is -0.311 e. The van der Waals surface area contributed by atoms with Crippen molar-refractivity contribution in [3.8, 4) is 67.5 Å². The summed E-state index contributed by atoms with van der Waals surface area (Å²) in [6.45, 7) is 0. The fourth-order valence-corrected chi connectivity index (χ4v) is 10.4. The van der Waals surface area contributed by atoms with Crippen LogP contribution in [0.3, 0.4) is 0 Å². The molecule has 0 saturated carbocycles. The highest BCUT2D eigenvalue weighted by molar-refractivity contribution is 5.82. The standard InChI is InChI=1S/C75H54N6/c1-7-19-64(20-8-1)79(65-21-9-2-10-22-65)70-49-43-58(44-50-70)55-31-37-61(38-32-55)73-76-74(62-39-33-56(34-40-62)59-45-51-71(52-46-59)80(66-23-11-3-12-24-66)67-25-13-4-14-26-67)78-75(77-73)63-41-35-57(36-42-63)60-47-53-72(54-48-60)81(68-27-15-5-16-28-68)69-29-17-6-18-30-69/h1-54H. The van der Waals surface area contributed by atoms with E-state index in [1.807, 2.05) is 36.4 Å². The van der Waals surface area contributed by atoms with E-state index in [-0.39, 0.29) is 0 Å². The van der Waals surface area contributed by atoms with Crippen molar-refractivity contribution in [2.24, 2.45) is 0 Å². The monoisotopic (exact) mass is 1040 g/mol. The lowest BCUT2D eigenvalue weighted by Gasteiger charge is -2.25. The predicted octanol–water partition coefficient (Wildman–Crippen LogP) is 20.3. The van der Waals surface area contributed by atoms with Gasteiger partial charge in [0.2, 0.25) is 0 Å². The summed E-state index contributed by atoms with van der Waals surface area (Å²) in [6, 6.07) is 115. The summed E-state index contributed by atoms with van der Waals surface area (Å²) < 4.78 is 0. The summed E-state index contributed by atoms with van der Waals surface area (Å²) in [5.41, 5.74) is 19.2. The van der Waals surface area contributed by atoms with Crippen molar-refractivity contribution in [1.82, 2.24) is 15.0 Å². The summed E-state index contributed by atoms with van der Waals surface area (Å²) >= 11 is 0. The van der Waals surface area contributed by atoms with Crippen molar-refractivity contribution < 1.29 is 0 Å². The van der Waals surface area contributed by atoms with Crippen LogP contribution in [0.4, 0.5) is 51.2 Å². The maximum atomic E-state index is 5.18. The van der Waals surface area contributed by atoms with E-state index in [9.17, 15) is 0 Å². The quantitative estimate of drug-likeness (QED) is 0.102. The third-order valence-corrected chi connectivity index (χ3v) is 14.5. The van der Waals surface area contributed by atoms with Gasteiger partial charge in [0.25, 0.3) is 0 Å². The van der Waals surface area contributed by atoms with Crippen LogP contribution in [-0.2, 0) is 0 Å². The van der Waals surface area contributed by atoms with Crippen LogP contribution in [0.1, 0.15) is 0 Å². The largest absolute Gasteiger partial charge is 0.311 e. The minimum absolute atomic E-state index is 0.598. The number of rotatable bonds is 15. The summed E-state index contributed by atoms with van der Waals surface area (Å²) in [6.07, 6.45) is 0. The highest BCUT2D eigenvalue weighted by atomic mass is 15.2. The van der Waals surface area contributed by atoms with E-state index in [0.717, 1.165) is 101 Å². The SMILES string of the molecule is c1ccc(N(c2ccccc2)c2ccc(-c3ccc(-c4nc(-c5ccc(-c6ccc(N(c7ccccc7)c7ccccc7)cc6)cc5)nc(-c5ccc(-c6ccc(N(c7ccccc7)c7ccccc7)cc6)cc5)n4)cc3)cc2)cc1. The average molecular weight is 1040 g/mol. The second-order valence-electron chi connectivity index (χ2n) is 19.7. The molecule has 0 atom stereocenters. The van der Waals surface area contributed by atoms with E-state index in [0.29, 0.717) is 17.5 Å². The summed E-state index contributed by atoms with van der Waals surface area (Å²) in [5, 5.41) is 0. The number of para-hydroxylation sites is 6. The first-order valence-corrected chi connectivity index (χ1v) is 27.2. The van der Waals surface area contributed by atoms with E-state index >= 15 is 0 Å². The molecule has 0 bridgehead atoms. The summed E-state index contributed by atoms with van der Waals surface area (Å²) in [4.78, 5) is 22.4.